The Morgan fingerprint density at radius 1 is 1.00 bits per heavy atom. The Morgan fingerprint density at radius 2 is 1.36 bits per heavy atom. The van der Waals surface area contributed by atoms with Gasteiger partial charge >= 0.3 is 3.18 Å². The van der Waals surface area contributed by atoms with E-state index in [0.29, 0.717) is 0 Å². The monoisotopic (exact) mass is 360 g/mol. The summed E-state index contributed by atoms with van der Waals surface area (Å²) in [6.07, 6.45) is 0. The van der Waals surface area contributed by atoms with Gasteiger partial charge in [-0.05, 0) is 12.1 Å². The summed E-state index contributed by atoms with van der Waals surface area (Å²) in [6, 6.07) is 9.44. The minimum Gasteiger partial charge on any atom is -0.123 e. The second-order valence-electron chi connectivity index (χ2n) is 1.54. The lowest BCUT2D eigenvalue weighted by Gasteiger charge is -1.80. The van der Waals surface area contributed by atoms with E-state index in [9.17, 15) is 0 Å². The molecule has 60 valence electrons. The molecule has 0 aliphatic rings. The lowest BCUT2D eigenvalue weighted by Crippen LogP contribution is -1.60. The van der Waals surface area contributed by atoms with E-state index in [0.717, 1.165) is 5.02 Å². The molecule has 0 nitrogen and oxygen atoms in total. The van der Waals surface area contributed by atoms with Crippen molar-refractivity contribution in [3.05, 3.63) is 35.4 Å². The van der Waals surface area contributed by atoms with Gasteiger partial charge in [0.25, 0.3) is 0 Å². The summed E-state index contributed by atoms with van der Waals surface area (Å²) in [4.78, 5) is 0. The van der Waals surface area contributed by atoms with Crippen LogP contribution in [0.4, 0.5) is 0 Å². The molecule has 0 amide bonds. The Labute approximate surface area is 96.7 Å². The summed E-state index contributed by atoms with van der Waals surface area (Å²) in [5.74, 6) is 0. The summed E-state index contributed by atoms with van der Waals surface area (Å²) >= 11 is 14.9. The van der Waals surface area contributed by atoms with Crippen LogP contribution in [-0.4, -0.2) is 3.18 Å². The molecule has 0 fully saturated rings. The molecular formula is C6H5BBr3Cl. The van der Waals surface area contributed by atoms with Crippen LogP contribution in [0.3, 0.4) is 0 Å². The van der Waals surface area contributed by atoms with Gasteiger partial charge in [0.05, 0.1) is 0 Å². The third-order valence-electron chi connectivity index (χ3n) is 0.733. The third kappa shape index (κ3) is 11.0. The molecule has 1 aromatic rings. The molecule has 5 heteroatoms. The van der Waals surface area contributed by atoms with Crippen molar-refractivity contribution in [2.45, 2.75) is 0 Å². The van der Waals surface area contributed by atoms with Crippen LogP contribution in [0.2, 0.25) is 5.02 Å². The lowest BCUT2D eigenvalue weighted by molar-refractivity contribution is 1.71. The SMILES string of the molecule is BrB(Br)Br.Clc1ccccc1. The number of hydrogen-bond donors (Lipinski definition) is 0. The van der Waals surface area contributed by atoms with E-state index >= 15 is 0 Å². The summed E-state index contributed by atoms with van der Waals surface area (Å²) in [6.45, 7) is 0. The highest BCUT2D eigenvalue weighted by atomic mass is 79.9. The normalized spacial score (nSPS) is 8.00. The van der Waals surface area contributed by atoms with Gasteiger partial charge in [-0.15, -0.1) is 47.3 Å². The fourth-order valence-electron chi connectivity index (χ4n) is 0.415. The molecule has 0 atom stereocenters. The molecule has 0 aliphatic heterocycles. The van der Waals surface area contributed by atoms with E-state index in [1.54, 1.807) is 0 Å². The van der Waals surface area contributed by atoms with Crippen LogP contribution in [0.25, 0.3) is 0 Å². The summed E-state index contributed by atoms with van der Waals surface area (Å²) in [5.41, 5.74) is 0. The zero-order valence-electron chi connectivity index (χ0n) is 5.48. The molecule has 0 saturated heterocycles. The quantitative estimate of drug-likeness (QED) is 0.596. The van der Waals surface area contributed by atoms with Gasteiger partial charge in [0.1, 0.15) is 0 Å². The van der Waals surface area contributed by atoms with Crippen LogP contribution in [0.1, 0.15) is 0 Å². The highest BCUT2D eigenvalue weighted by molar-refractivity contribution is 9.69. The van der Waals surface area contributed by atoms with Gasteiger partial charge in [-0.1, -0.05) is 29.8 Å². The predicted molar refractivity (Wildman–Crippen MR) is 64.0 cm³/mol. The average molecular weight is 363 g/mol. The Bertz CT molecular complexity index is 178. The minimum atomic E-state index is 0.271. The molecule has 0 unspecified atom stereocenters. The van der Waals surface area contributed by atoms with Crippen LogP contribution in [-0.2, 0) is 0 Å². The second kappa shape index (κ2) is 7.65. The van der Waals surface area contributed by atoms with Crippen molar-refractivity contribution in [2.75, 3.05) is 0 Å². The summed E-state index contributed by atoms with van der Waals surface area (Å²) in [7, 11) is 0. The highest BCUT2D eigenvalue weighted by Crippen LogP contribution is 2.07. The molecule has 0 aliphatic carbocycles. The van der Waals surface area contributed by atoms with Crippen molar-refractivity contribution in [3.8, 4) is 0 Å². The smallest absolute Gasteiger partial charge is 0.123 e. The predicted octanol–water partition coefficient (Wildman–Crippen LogP) is 4.50. The first-order chi connectivity index (χ1) is 5.13. The van der Waals surface area contributed by atoms with E-state index < -0.39 is 0 Å². The first-order valence-electron chi connectivity index (χ1n) is 2.75. The van der Waals surface area contributed by atoms with Crippen molar-refractivity contribution in [2.24, 2.45) is 0 Å². The number of benzene rings is 1. The Balaban J connectivity index is 0.000000218. The summed E-state index contributed by atoms with van der Waals surface area (Å²) in [5, 5.41) is 0.794. The van der Waals surface area contributed by atoms with Gasteiger partial charge < -0.3 is 0 Å². The first-order valence-corrected chi connectivity index (χ1v) is 5.88. The van der Waals surface area contributed by atoms with Crippen LogP contribution >= 0.6 is 58.9 Å². The number of hydrogen-bond acceptors (Lipinski definition) is 0. The molecule has 1 rings (SSSR count). The lowest BCUT2D eigenvalue weighted by atomic mass is 10.4. The van der Waals surface area contributed by atoms with Crippen LogP contribution in [0.5, 0.6) is 0 Å². The van der Waals surface area contributed by atoms with Gasteiger partial charge in [-0.2, -0.15) is 0 Å². The minimum absolute atomic E-state index is 0.271. The van der Waals surface area contributed by atoms with Crippen molar-refractivity contribution < 1.29 is 0 Å². The van der Waals surface area contributed by atoms with E-state index in [1.165, 1.54) is 0 Å². The van der Waals surface area contributed by atoms with E-state index in [-0.39, 0.29) is 3.18 Å². The molecule has 0 aromatic heterocycles. The van der Waals surface area contributed by atoms with Crippen LogP contribution in [0, 0.1) is 0 Å². The molecule has 0 bridgehead atoms. The summed E-state index contributed by atoms with van der Waals surface area (Å²) < 4.78 is 0.271. The van der Waals surface area contributed by atoms with E-state index in [2.05, 4.69) is 47.3 Å². The Hall–Kier alpha value is 1.01. The maximum absolute atomic E-state index is 5.54. The molecule has 0 saturated carbocycles. The fourth-order valence-corrected chi connectivity index (χ4v) is 0.560. The number of rotatable bonds is 0. The Kier molecular flexibility index (Phi) is 8.36. The van der Waals surface area contributed by atoms with Gasteiger partial charge in [-0.25, -0.2) is 0 Å². The topological polar surface area (TPSA) is 0 Å². The second-order valence-corrected chi connectivity index (χ2v) is 8.41. The first kappa shape index (κ1) is 12.0. The number of halogens is 4. The maximum Gasteiger partial charge on any atom is 0.369 e. The van der Waals surface area contributed by atoms with Crippen LogP contribution in [0.15, 0.2) is 30.3 Å². The highest BCUT2D eigenvalue weighted by Gasteiger charge is 1.87. The Morgan fingerprint density at radius 3 is 1.55 bits per heavy atom. The largest absolute Gasteiger partial charge is 0.369 e. The molecule has 0 N–H and O–H groups in total. The average Bonchev–Trinajstić information content (AvgIpc) is 1.87. The molecule has 1 aromatic carbocycles. The van der Waals surface area contributed by atoms with Crippen molar-refractivity contribution in [3.63, 3.8) is 0 Å². The van der Waals surface area contributed by atoms with E-state index in [4.69, 9.17) is 11.6 Å². The van der Waals surface area contributed by atoms with Gasteiger partial charge in [0.2, 0.25) is 0 Å². The van der Waals surface area contributed by atoms with Crippen molar-refractivity contribution in [1.29, 1.82) is 0 Å². The molecule has 11 heavy (non-hydrogen) atoms. The van der Waals surface area contributed by atoms with E-state index in [1.807, 2.05) is 30.3 Å². The molecule has 0 heterocycles. The van der Waals surface area contributed by atoms with Crippen molar-refractivity contribution in [1.82, 2.24) is 0 Å². The molecule has 0 radical (unpaired) electrons. The molecule has 0 spiro atoms. The zero-order valence-corrected chi connectivity index (χ0v) is 11.0. The van der Waals surface area contributed by atoms with Gasteiger partial charge in [-0.3, -0.25) is 0 Å². The standard InChI is InChI=1S/C6H5Cl.BBr3/c7-6-4-2-1-3-5-6;2-1(3)4/h1-5H;. The zero-order chi connectivity index (χ0) is 8.69. The maximum atomic E-state index is 5.54. The fraction of sp³-hybridized carbons (Fsp3) is 0. The van der Waals surface area contributed by atoms with Crippen molar-refractivity contribution >= 4 is 62.1 Å². The third-order valence-corrected chi connectivity index (χ3v) is 0.985. The van der Waals surface area contributed by atoms with Crippen LogP contribution < -0.4 is 0 Å². The van der Waals surface area contributed by atoms with Gasteiger partial charge in [0, 0.05) is 5.02 Å². The van der Waals surface area contributed by atoms with Gasteiger partial charge in [0.15, 0.2) is 0 Å². The molecular weight excluding hydrogens is 358 g/mol.